The van der Waals surface area contributed by atoms with E-state index in [2.05, 4.69) is 5.32 Å². The van der Waals surface area contributed by atoms with Gasteiger partial charge in [0.2, 0.25) is 5.91 Å². The molecule has 0 saturated carbocycles. The van der Waals surface area contributed by atoms with E-state index in [4.69, 9.17) is 9.47 Å². The second-order valence-electron chi connectivity index (χ2n) is 5.43. The van der Waals surface area contributed by atoms with Crippen LogP contribution in [-0.2, 0) is 11.2 Å². The predicted octanol–water partition coefficient (Wildman–Crippen LogP) is 4.04. The van der Waals surface area contributed by atoms with Gasteiger partial charge in [-0.15, -0.1) is 0 Å². The van der Waals surface area contributed by atoms with E-state index < -0.39 is 0 Å². The third kappa shape index (κ3) is 3.33. The Labute approximate surface area is 141 Å². The van der Waals surface area contributed by atoms with Gasteiger partial charge in [-0.3, -0.25) is 4.79 Å². The molecule has 1 amide bonds. The first-order valence-electron chi connectivity index (χ1n) is 7.70. The van der Waals surface area contributed by atoms with Gasteiger partial charge >= 0.3 is 0 Å². The lowest BCUT2D eigenvalue weighted by atomic mass is 10.0. The molecule has 0 fully saturated rings. The quantitative estimate of drug-likeness (QED) is 0.771. The highest BCUT2D eigenvalue weighted by Gasteiger charge is 2.11. The average Bonchev–Trinajstić information content (AvgIpc) is 2.62. The van der Waals surface area contributed by atoms with Crippen LogP contribution < -0.4 is 14.8 Å². The summed E-state index contributed by atoms with van der Waals surface area (Å²) in [5.74, 6) is 1.16. The largest absolute Gasteiger partial charge is 0.497 e. The molecule has 0 aliphatic carbocycles. The van der Waals surface area contributed by atoms with Crippen LogP contribution in [0.3, 0.4) is 0 Å². The van der Waals surface area contributed by atoms with E-state index in [1.165, 1.54) is 0 Å². The van der Waals surface area contributed by atoms with Gasteiger partial charge in [0, 0.05) is 6.07 Å². The molecule has 3 aromatic carbocycles. The summed E-state index contributed by atoms with van der Waals surface area (Å²) in [6.45, 7) is 0. The fourth-order valence-corrected chi connectivity index (χ4v) is 2.73. The number of nitrogens with one attached hydrogen (secondary N) is 1. The molecule has 0 aliphatic rings. The number of fused-ring (bicyclic) bond motifs is 1. The van der Waals surface area contributed by atoms with Crippen molar-refractivity contribution in [3.8, 4) is 11.5 Å². The number of amides is 1. The molecular weight excluding hydrogens is 302 g/mol. The smallest absolute Gasteiger partial charge is 0.228 e. The average molecular weight is 321 g/mol. The van der Waals surface area contributed by atoms with E-state index >= 15 is 0 Å². The van der Waals surface area contributed by atoms with Crippen LogP contribution in [0.4, 0.5) is 5.69 Å². The lowest BCUT2D eigenvalue weighted by Gasteiger charge is -2.12. The zero-order valence-electron chi connectivity index (χ0n) is 13.7. The van der Waals surface area contributed by atoms with Gasteiger partial charge in [-0.1, -0.05) is 42.5 Å². The maximum absolute atomic E-state index is 12.5. The van der Waals surface area contributed by atoms with E-state index in [9.17, 15) is 4.79 Å². The van der Waals surface area contributed by atoms with Crippen molar-refractivity contribution < 1.29 is 14.3 Å². The molecule has 0 atom stereocenters. The summed E-state index contributed by atoms with van der Waals surface area (Å²) in [5.41, 5.74) is 1.59. The van der Waals surface area contributed by atoms with E-state index in [0.29, 0.717) is 23.6 Å². The fraction of sp³-hybridized carbons (Fsp3) is 0.150. The third-order valence-corrected chi connectivity index (χ3v) is 3.91. The Morgan fingerprint density at radius 2 is 1.75 bits per heavy atom. The van der Waals surface area contributed by atoms with Gasteiger partial charge in [0.05, 0.1) is 26.3 Å². The molecule has 4 heteroatoms. The van der Waals surface area contributed by atoms with Gasteiger partial charge in [-0.05, 0) is 28.5 Å². The Bertz CT molecular complexity index is 868. The Morgan fingerprint density at radius 3 is 2.54 bits per heavy atom. The predicted molar refractivity (Wildman–Crippen MR) is 95.8 cm³/mol. The molecule has 0 spiro atoms. The molecule has 0 heterocycles. The topological polar surface area (TPSA) is 47.6 Å². The number of anilines is 1. The zero-order valence-corrected chi connectivity index (χ0v) is 13.7. The first-order valence-corrected chi connectivity index (χ1v) is 7.70. The summed E-state index contributed by atoms with van der Waals surface area (Å²) in [5, 5.41) is 5.12. The number of benzene rings is 3. The van der Waals surface area contributed by atoms with Crippen LogP contribution in [0.1, 0.15) is 5.56 Å². The fourth-order valence-electron chi connectivity index (χ4n) is 2.73. The van der Waals surface area contributed by atoms with Crippen LogP contribution in [0.5, 0.6) is 11.5 Å². The summed E-state index contributed by atoms with van der Waals surface area (Å²) >= 11 is 0. The van der Waals surface area contributed by atoms with Gasteiger partial charge in [0.1, 0.15) is 11.5 Å². The monoisotopic (exact) mass is 321 g/mol. The number of methoxy groups -OCH3 is 2. The van der Waals surface area contributed by atoms with Crippen LogP contribution in [-0.4, -0.2) is 20.1 Å². The van der Waals surface area contributed by atoms with Gasteiger partial charge in [-0.2, -0.15) is 0 Å². The molecular formula is C20H19NO3. The minimum absolute atomic E-state index is 0.0992. The van der Waals surface area contributed by atoms with Crippen LogP contribution in [0, 0.1) is 0 Å². The second-order valence-corrected chi connectivity index (χ2v) is 5.43. The molecule has 3 rings (SSSR count). The zero-order chi connectivity index (χ0) is 16.9. The third-order valence-electron chi connectivity index (χ3n) is 3.91. The van der Waals surface area contributed by atoms with Crippen molar-refractivity contribution in [1.82, 2.24) is 0 Å². The summed E-state index contributed by atoms with van der Waals surface area (Å²) < 4.78 is 10.5. The summed E-state index contributed by atoms with van der Waals surface area (Å²) in [7, 11) is 3.16. The van der Waals surface area contributed by atoms with E-state index in [0.717, 1.165) is 16.3 Å². The van der Waals surface area contributed by atoms with Crippen molar-refractivity contribution in [3.05, 3.63) is 66.2 Å². The summed E-state index contributed by atoms with van der Waals surface area (Å²) in [6, 6.07) is 19.4. The van der Waals surface area contributed by atoms with Crippen LogP contribution in [0.25, 0.3) is 10.8 Å². The number of hydrogen-bond donors (Lipinski definition) is 1. The Morgan fingerprint density at radius 1 is 0.958 bits per heavy atom. The molecule has 0 radical (unpaired) electrons. The highest BCUT2D eigenvalue weighted by atomic mass is 16.5. The van der Waals surface area contributed by atoms with Crippen molar-refractivity contribution >= 4 is 22.4 Å². The Hall–Kier alpha value is -3.01. The van der Waals surface area contributed by atoms with Crippen molar-refractivity contribution in [2.75, 3.05) is 19.5 Å². The second kappa shape index (κ2) is 7.04. The highest BCUT2D eigenvalue weighted by molar-refractivity contribution is 5.97. The molecule has 1 N–H and O–H groups in total. The summed E-state index contributed by atoms with van der Waals surface area (Å²) in [6.07, 6.45) is 0.293. The van der Waals surface area contributed by atoms with E-state index in [1.807, 2.05) is 42.5 Å². The SMILES string of the molecule is COc1ccc(OC)c(NC(=O)Cc2cccc3ccccc23)c1. The molecule has 24 heavy (non-hydrogen) atoms. The maximum atomic E-state index is 12.5. The molecule has 0 saturated heterocycles. The maximum Gasteiger partial charge on any atom is 0.228 e. The van der Waals surface area contributed by atoms with Crippen molar-refractivity contribution in [2.45, 2.75) is 6.42 Å². The van der Waals surface area contributed by atoms with Gasteiger partial charge in [0.25, 0.3) is 0 Å². The minimum Gasteiger partial charge on any atom is -0.497 e. The number of carbonyl (C=O) groups is 1. The lowest BCUT2D eigenvalue weighted by Crippen LogP contribution is -2.15. The highest BCUT2D eigenvalue weighted by Crippen LogP contribution is 2.29. The van der Waals surface area contributed by atoms with Crippen LogP contribution in [0.15, 0.2) is 60.7 Å². The molecule has 4 nitrogen and oxygen atoms in total. The standard InChI is InChI=1S/C20H19NO3/c1-23-16-10-11-19(24-2)18(13-16)21-20(22)12-15-8-5-7-14-6-3-4-9-17(14)15/h3-11,13H,12H2,1-2H3,(H,21,22). The normalized spacial score (nSPS) is 10.4. The Balaban J connectivity index is 1.83. The van der Waals surface area contributed by atoms with Crippen molar-refractivity contribution in [2.24, 2.45) is 0 Å². The molecule has 0 bridgehead atoms. The number of carbonyl (C=O) groups excluding carboxylic acids is 1. The van der Waals surface area contributed by atoms with Gasteiger partial charge < -0.3 is 14.8 Å². The molecule has 0 aromatic heterocycles. The van der Waals surface area contributed by atoms with Gasteiger partial charge in [-0.25, -0.2) is 0 Å². The van der Waals surface area contributed by atoms with Crippen LogP contribution >= 0.6 is 0 Å². The first-order chi connectivity index (χ1) is 11.7. The minimum atomic E-state index is -0.0992. The van der Waals surface area contributed by atoms with E-state index in [1.54, 1.807) is 32.4 Å². The van der Waals surface area contributed by atoms with Gasteiger partial charge in [0.15, 0.2) is 0 Å². The lowest BCUT2D eigenvalue weighted by molar-refractivity contribution is -0.115. The number of ether oxygens (including phenoxy) is 2. The number of rotatable bonds is 5. The molecule has 122 valence electrons. The number of hydrogen-bond acceptors (Lipinski definition) is 3. The molecule has 0 unspecified atom stereocenters. The van der Waals surface area contributed by atoms with Crippen molar-refractivity contribution in [1.29, 1.82) is 0 Å². The first kappa shape index (κ1) is 15.9. The Kier molecular flexibility index (Phi) is 4.66. The van der Waals surface area contributed by atoms with Crippen molar-refractivity contribution in [3.63, 3.8) is 0 Å². The van der Waals surface area contributed by atoms with E-state index in [-0.39, 0.29) is 5.91 Å². The molecule has 0 aliphatic heterocycles. The summed E-state index contributed by atoms with van der Waals surface area (Å²) in [4.78, 5) is 12.5. The van der Waals surface area contributed by atoms with Crippen LogP contribution in [0.2, 0.25) is 0 Å². The molecule has 3 aromatic rings.